The summed E-state index contributed by atoms with van der Waals surface area (Å²) in [5, 5.41) is 2.93. The molecule has 0 atom stereocenters. The molecule has 6 heteroatoms. The number of hydrogen-bond donors (Lipinski definition) is 2. The van der Waals surface area contributed by atoms with Crippen molar-refractivity contribution in [2.24, 2.45) is 0 Å². The highest BCUT2D eigenvalue weighted by Crippen LogP contribution is 2.12. The maximum Gasteiger partial charge on any atom is 0.251 e. The summed E-state index contributed by atoms with van der Waals surface area (Å²) < 4.78 is 25.3. The van der Waals surface area contributed by atoms with Gasteiger partial charge in [0.15, 0.2) is 0 Å². The van der Waals surface area contributed by atoms with E-state index >= 15 is 0 Å². The minimum Gasteiger partial charge on any atom is -0.349 e. The Morgan fingerprint density at radius 1 is 1.10 bits per heavy atom. The lowest BCUT2D eigenvalue weighted by Gasteiger charge is -2.14. The van der Waals surface area contributed by atoms with Crippen LogP contribution >= 0.6 is 0 Å². The number of hydrogen-bond acceptors (Lipinski definition) is 3. The predicted molar refractivity (Wildman–Crippen MR) is 81.4 cm³/mol. The summed E-state index contributed by atoms with van der Waals surface area (Å²) in [6.45, 7) is 5.62. The summed E-state index contributed by atoms with van der Waals surface area (Å²) in [5.74, 6) is -0.118. The maximum atomic E-state index is 12.0. The number of carbonyl (C=O) groups excluding carboxylic acids is 1. The number of carbonyl (C=O) groups is 1. The van der Waals surface area contributed by atoms with E-state index in [1.807, 2.05) is 13.8 Å². The molecule has 1 rings (SSSR count). The maximum absolute atomic E-state index is 12.0. The van der Waals surface area contributed by atoms with Gasteiger partial charge in [0.25, 0.3) is 5.91 Å². The van der Waals surface area contributed by atoms with Crippen molar-refractivity contribution in [3.8, 4) is 0 Å². The van der Waals surface area contributed by atoms with Gasteiger partial charge in [0.05, 0.1) is 5.75 Å². The van der Waals surface area contributed by atoms with Gasteiger partial charge in [-0.1, -0.05) is 13.8 Å². The van der Waals surface area contributed by atoms with Crippen LogP contribution in [0.5, 0.6) is 0 Å². The molecule has 1 aromatic rings. The monoisotopic (exact) mass is 298 g/mol. The zero-order valence-corrected chi connectivity index (χ0v) is 13.0. The predicted octanol–water partition coefficient (Wildman–Crippen LogP) is 2.37. The summed E-state index contributed by atoms with van der Waals surface area (Å²) in [5.41, 5.74) is 0.988. The number of anilines is 1. The van der Waals surface area contributed by atoms with E-state index in [2.05, 4.69) is 10.0 Å². The first kappa shape index (κ1) is 16.5. The molecular formula is C14H22N2O3S. The molecule has 5 nitrogen and oxygen atoms in total. The number of benzene rings is 1. The highest BCUT2D eigenvalue weighted by Gasteiger charge is 2.11. The minimum absolute atomic E-state index is 0.0178. The highest BCUT2D eigenvalue weighted by atomic mass is 32.2. The van der Waals surface area contributed by atoms with Crippen LogP contribution in [0.1, 0.15) is 44.0 Å². The molecule has 0 unspecified atom stereocenters. The first-order valence-corrected chi connectivity index (χ1v) is 8.48. The summed E-state index contributed by atoms with van der Waals surface area (Å²) in [6, 6.07) is 6.58. The molecule has 1 amide bonds. The van der Waals surface area contributed by atoms with Crippen molar-refractivity contribution in [2.75, 3.05) is 10.5 Å². The van der Waals surface area contributed by atoms with Gasteiger partial charge in [0.2, 0.25) is 10.0 Å². The quantitative estimate of drug-likeness (QED) is 0.811. The van der Waals surface area contributed by atoms with Gasteiger partial charge in [-0.15, -0.1) is 0 Å². The smallest absolute Gasteiger partial charge is 0.251 e. The second-order valence-corrected chi connectivity index (χ2v) is 6.58. The summed E-state index contributed by atoms with van der Waals surface area (Å²) >= 11 is 0. The molecule has 0 saturated carbocycles. The van der Waals surface area contributed by atoms with E-state index in [-0.39, 0.29) is 17.7 Å². The van der Waals surface area contributed by atoms with Gasteiger partial charge in [0.1, 0.15) is 0 Å². The van der Waals surface area contributed by atoms with Crippen LogP contribution < -0.4 is 10.0 Å². The van der Waals surface area contributed by atoms with E-state index < -0.39 is 10.0 Å². The fraction of sp³-hybridized carbons (Fsp3) is 0.500. The van der Waals surface area contributed by atoms with Crippen LogP contribution in [0.4, 0.5) is 5.69 Å². The molecular weight excluding hydrogens is 276 g/mol. The third kappa shape index (κ3) is 4.85. The number of nitrogens with one attached hydrogen (secondary N) is 2. The van der Waals surface area contributed by atoms with Crippen LogP contribution in [0.15, 0.2) is 24.3 Å². The molecule has 0 aliphatic rings. The van der Waals surface area contributed by atoms with Gasteiger partial charge in [0, 0.05) is 17.3 Å². The highest BCUT2D eigenvalue weighted by molar-refractivity contribution is 7.92. The molecule has 0 aromatic heterocycles. The summed E-state index contributed by atoms with van der Waals surface area (Å²) in [4.78, 5) is 12.0. The van der Waals surface area contributed by atoms with Crippen molar-refractivity contribution in [1.29, 1.82) is 0 Å². The van der Waals surface area contributed by atoms with Crippen LogP contribution in [-0.2, 0) is 10.0 Å². The Bertz CT molecular complexity index is 534. The average molecular weight is 298 g/mol. The van der Waals surface area contributed by atoms with Crippen molar-refractivity contribution < 1.29 is 13.2 Å². The average Bonchev–Trinajstić information content (AvgIpc) is 2.45. The molecule has 0 radical (unpaired) electrons. The minimum atomic E-state index is -3.28. The van der Waals surface area contributed by atoms with E-state index in [0.717, 1.165) is 12.8 Å². The van der Waals surface area contributed by atoms with E-state index in [9.17, 15) is 13.2 Å². The first-order chi connectivity index (χ1) is 9.41. The number of sulfonamides is 1. The van der Waals surface area contributed by atoms with E-state index in [4.69, 9.17) is 0 Å². The standard InChI is InChI=1S/C14H22N2O3S/c1-4-12(5-2)15-14(17)11-7-9-13(10-8-11)16-20(18,19)6-3/h7-10,12,16H,4-6H2,1-3H3,(H,15,17). The Balaban J connectivity index is 2.74. The van der Waals surface area contributed by atoms with Gasteiger partial charge in [-0.3, -0.25) is 9.52 Å². The fourth-order valence-electron chi connectivity index (χ4n) is 1.70. The summed E-state index contributed by atoms with van der Waals surface area (Å²) in [6.07, 6.45) is 1.77. The molecule has 112 valence electrons. The molecule has 0 aliphatic heterocycles. The fourth-order valence-corrected chi connectivity index (χ4v) is 2.34. The second-order valence-electron chi connectivity index (χ2n) is 4.57. The molecule has 1 aromatic carbocycles. The zero-order valence-electron chi connectivity index (χ0n) is 12.1. The van der Waals surface area contributed by atoms with Gasteiger partial charge >= 0.3 is 0 Å². The Kier molecular flexibility index (Phi) is 6.01. The molecule has 2 N–H and O–H groups in total. The molecule has 0 heterocycles. The van der Waals surface area contributed by atoms with Gasteiger partial charge in [-0.25, -0.2) is 8.42 Å². The lowest BCUT2D eigenvalue weighted by molar-refractivity contribution is 0.0935. The normalized spacial score (nSPS) is 11.4. The third-order valence-electron chi connectivity index (χ3n) is 3.12. The lowest BCUT2D eigenvalue weighted by atomic mass is 10.1. The molecule has 0 bridgehead atoms. The van der Waals surface area contributed by atoms with Crippen LogP contribution in [-0.4, -0.2) is 26.1 Å². The van der Waals surface area contributed by atoms with Crippen LogP contribution in [0.2, 0.25) is 0 Å². The van der Waals surface area contributed by atoms with Crippen molar-refractivity contribution in [1.82, 2.24) is 5.32 Å². The van der Waals surface area contributed by atoms with Crippen molar-refractivity contribution in [2.45, 2.75) is 39.7 Å². The largest absolute Gasteiger partial charge is 0.349 e. The van der Waals surface area contributed by atoms with Gasteiger partial charge in [-0.05, 0) is 44.0 Å². The number of amides is 1. The number of rotatable bonds is 7. The summed E-state index contributed by atoms with van der Waals surface area (Å²) in [7, 11) is -3.28. The SMILES string of the molecule is CCC(CC)NC(=O)c1ccc(NS(=O)(=O)CC)cc1. The Labute approximate surface area is 120 Å². The molecule has 0 fully saturated rings. The van der Waals surface area contributed by atoms with E-state index in [1.54, 1.807) is 31.2 Å². The third-order valence-corrected chi connectivity index (χ3v) is 4.43. The molecule has 0 saturated heterocycles. The molecule has 0 spiro atoms. The van der Waals surface area contributed by atoms with Crippen molar-refractivity contribution in [3.05, 3.63) is 29.8 Å². The van der Waals surface area contributed by atoms with Crippen molar-refractivity contribution in [3.63, 3.8) is 0 Å². The Morgan fingerprint density at radius 2 is 1.65 bits per heavy atom. The zero-order chi connectivity index (χ0) is 15.2. The van der Waals surface area contributed by atoms with Crippen LogP contribution in [0, 0.1) is 0 Å². The van der Waals surface area contributed by atoms with Crippen molar-refractivity contribution >= 4 is 21.6 Å². The molecule has 0 aliphatic carbocycles. The van der Waals surface area contributed by atoms with Gasteiger partial charge < -0.3 is 5.32 Å². The van der Waals surface area contributed by atoms with Crippen LogP contribution in [0.25, 0.3) is 0 Å². The van der Waals surface area contributed by atoms with Crippen LogP contribution in [0.3, 0.4) is 0 Å². The topological polar surface area (TPSA) is 75.3 Å². The van der Waals surface area contributed by atoms with Gasteiger partial charge in [-0.2, -0.15) is 0 Å². The first-order valence-electron chi connectivity index (χ1n) is 6.83. The Morgan fingerprint density at radius 3 is 2.10 bits per heavy atom. The Hall–Kier alpha value is -1.56. The van der Waals surface area contributed by atoms with E-state index in [0.29, 0.717) is 11.3 Å². The van der Waals surface area contributed by atoms with E-state index in [1.165, 1.54) is 0 Å². The lowest BCUT2D eigenvalue weighted by Crippen LogP contribution is -2.33. The molecule has 20 heavy (non-hydrogen) atoms. The second kappa shape index (κ2) is 7.28.